The van der Waals surface area contributed by atoms with Crippen molar-refractivity contribution in [2.45, 2.75) is 25.8 Å². The van der Waals surface area contributed by atoms with Gasteiger partial charge in [-0.1, -0.05) is 46.3 Å². The fourth-order valence-corrected chi connectivity index (χ4v) is 2.70. The van der Waals surface area contributed by atoms with Gasteiger partial charge in [0.05, 0.1) is 0 Å². The monoisotopic (exact) mass is 381 g/mol. The second-order valence-corrected chi connectivity index (χ2v) is 6.46. The van der Waals surface area contributed by atoms with Crippen LogP contribution in [-0.2, 0) is 6.42 Å². The van der Waals surface area contributed by atoms with Crippen LogP contribution in [0.2, 0.25) is 0 Å². The van der Waals surface area contributed by atoms with Crippen LogP contribution in [0.3, 0.4) is 0 Å². The van der Waals surface area contributed by atoms with E-state index in [1.54, 1.807) is 0 Å². The second kappa shape index (κ2) is 7.11. The van der Waals surface area contributed by atoms with Crippen LogP contribution in [0.15, 0.2) is 57.5 Å². The minimum absolute atomic E-state index is 0.436. The fourth-order valence-electron chi connectivity index (χ4n) is 1.97. The number of hydrogen-bond donors (Lipinski definition) is 1. The van der Waals surface area contributed by atoms with Crippen LogP contribution in [0.5, 0.6) is 0 Å². The SMILES string of the molecule is CC(CCc1ccccc1)Nc1cc(Br)ccc1Br. The normalized spacial score (nSPS) is 12.2. The lowest BCUT2D eigenvalue weighted by atomic mass is 10.1. The van der Waals surface area contributed by atoms with E-state index in [0.29, 0.717) is 6.04 Å². The minimum Gasteiger partial charge on any atom is -0.382 e. The van der Waals surface area contributed by atoms with Crippen molar-refractivity contribution >= 4 is 37.5 Å². The van der Waals surface area contributed by atoms with E-state index in [9.17, 15) is 0 Å². The Morgan fingerprint density at radius 3 is 2.53 bits per heavy atom. The molecule has 0 aliphatic heterocycles. The molecular weight excluding hydrogens is 366 g/mol. The van der Waals surface area contributed by atoms with Crippen molar-refractivity contribution in [3.05, 3.63) is 63.0 Å². The van der Waals surface area contributed by atoms with E-state index >= 15 is 0 Å². The van der Waals surface area contributed by atoms with Gasteiger partial charge >= 0.3 is 0 Å². The lowest BCUT2D eigenvalue weighted by Gasteiger charge is -2.16. The molecule has 3 heteroatoms. The van der Waals surface area contributed by atoms with E-state index in [-0.39, 0.29) is 0 Å². The highest BCUT2D eigenvalue weighted by atomic mass is 79.9. The molecule has 2 aromatic rings. The molecule has 0 aliphatic carbocycles. The summed E-state index contributed by atoms with van der Waals surface area (Å²) in [7, 11) is 0. The zero-order chi connectivity index (χ0) is 13.7. The van der Waals surface area contributed by atoms with Crippen molar-refractivity contribution < 1.29 is 0 Å². The Bertz CT molecular complexity index is 526. The van der Waals surface area contributed by atoms with E-state index in [0.717, 1.165) is 27.5 Å². The van der Waals surface area contributed by atoms with Gasteiger partial charge in [0.25, 0.3) is 0 Å². The molecule has 0 bridgehead atoms. The summed E-state index contributed by atoms with van der Waals surface area (Å²) in [6.45, 7) is 2.22. The highest BCUT2D eigenvalue weighted by Crippen LogP contribution is 2.27. The molecule has 0 saturated heterocycles. The van der Waals surface area contributed by atoms with Gasteiger partial charge in [0.15, 0.2) is 0 Å². The summed E-state index contributed by atoms with van der Waals surface area (Å²) in [6, 6.07) is 17.2. The molecule has 0 aliphatic rings. The Morgan fingerprint density at radius 2 is 1.79 bits per heavy atom. The number of rotatable bonds is 5. The first-order chi connectivity index (χ1) is 9.15. The van der Waals surface area contributed by atoms with E-state index in [1.807, 2.05) is 6.07 Å². The number of benzene rings is 2. The smallest absolute Gasteiger partial charge is 0.0497 e. The summed E-state index contributed by atoms with van der Waals surface area (Å²) >= 11 is 7.07. The van der Waals surface area contributed by atoms with Gasteiger partial charge in [-0.05, 0) is 59.5 Å². The predicted octanol–water partition coefficient (Wildman–Crippen LogP) is 5.64. The van der Waals surface area contributed by atoms with E-state index in [2.05, 4.69) is 86.6 Å². The number of aryl methyl sites for hydroxylation is 1. The summed E-state index contributed by atoms with van der Waals surface area (Å²) in [5, 5.41) is 3.54. The summed E-state index contributed by atoms with van der Waals surface area (Å²) < 4.78 is 2.19. The molecule has 19 heavy (non-hydrogen) atoms. The van der Waals surface area contributed by atoms with Crippen LogP contribution in [0.1, 0.15) is 18.9 Å². The molecule has 0 spiro atoms. The van der Waals surface area contributed by atoms with E-state index in [1.165, 1.54) is 5.56 Å². The van der Waals surface area contributed by atoms with Crippen molar-refractivity contribution in [1.29, 1.82) is 0 Å². The van der Waals surface area contributed by atoms with Crippen LogP contribution in [-0.4, -0.2) is 6.04 Å². The zero-order valence-electron chi connectivity index (χ0n) is 10.9. The van der Waals surface area contributed by atoms with Gasteiger partial charge in [-0.15, -0.1) is 0 Å². The average molecular weight is 383 g/mol. The number of halogens is 2. The number of hydrogen-bond acceptors (Lipinski definition) is 1. The quantitative estimate of drug-likeness (QED) is 0.704. The maximum absolute atomic E-state index is 3.57. The molecule has 1 atom stereocenters. The average Bonchev–Trinajstić information content (AvgIpc) is 2.42. The summed E-state index contributed by atoms with van der Waals surface area (Å²) in [5.41, 5.74) is 2.53. The van der Waals surface area contributed by atoms with Crippen LogP contribution in [0, 0.1) is 0 Å². The predicted molar refractivity (Wildman–Crippen MR) is 89.7 cm³/mol. The van der Waals surface area contributed by atoms with Gasteiger partial charge in [0.1, 0.15) is 0 Å². The van der Waals surface area contributed by atoms with Gasteiger partial charge in [-0.25, -0.2) is 0 Å². The third-order valence-electron chi connectivity index (χ3n) is 3.04. The molecule has 0 saturated carbocycles. The Kier molecular flexibility index (Phi) is 5.46. The molecule has 100 valence electrons. The van der Waals surface area contributed by atoms with E-state index in [4.69, 9.17) is 0 Å². The Labute approximate surface area is 131 Å². The maximum atomic E-state index is 3.57. The molecule has 0 amide bonds. The van der Waals surface area contributed by atoms with E-state index < -0.39 is 0 Å². The molecule has 2 rings (SSSR count). The lowest BCUT2D eigenvalue weighted by molar-refractivity contribution is 0.706. The first-order valence-corrected chi connectivity index (χ1v) is 7.99. The van der Waals surface area contributed by atoms with Gasteiger partial charge in [0.2, 0.25) is 0 Å². The molecule has 0 heterocycles. The molecule has 1 N–H and O–H groups in total. The number of anilines is 1. The van der Waals surface area contributed by atoms with Crippen molar-refractivity contribution in [3.8, 4) is 0 Å². The van der Waals surface area contributed by atoms with Gasteiger partial charge in [-0.3, -0.25) is 0 Å². The van der Waals surface area contributed by atoms with Crippen LogP contribution in [0.4, 0.5) is 5.69 Å². The number of nitrogens with one attached hydrogen (secondary N) is 1. The van der Waals surface area contributed by atoms with Crippen molar-refractivity contribution in [2.24, 2.45) is 0 Å². The largest absolute Gasteiger partial charge is 0.382 e. The first-order valence-electron chi connectivity index (χ1n) is 6.40. The molecule has 1 unspecified atom stereocenters. The molecular formula is C16H17Br2N. The zero-order valence-corrected chi connectivity index (χ0v) is 14.0. The minimum atomic E-state index is 0.436. The molecule has 2 aromatic carbocycles. The Balaban J connectivity index is 1.90. The van der Waals surface area contributed by atoms with Crippen LogP contribution < -0.4 is 5.32 Å². The van der Waals surface area contributed by atoms with Crippen LogP contribution >= 0.6 is 31.9 Å². The van der Waals surface area contributed by atoms with Crippen molar-refractivity contribution in [2.75, 3.05) is 5.32 Å². The van der Waals surface area contributed by atoms with Gasteiger partial charge in [-0.2, -0.15) is 0 Å². The summed E-state index contributed by atoms with van der Waals surface area (Å²) in [6.07, 6.45) is 2.21. The van der Waals surface area contributed by atoms with Crippen molar-refractivity contribution in [1.82, 2.24) is 0 Å². The molecule has 0 aromatic heterocycles. The highest BCUT2D eigenvalue weighted by Gasteiger charge is 2.06. The Hall–Kier alpha value is -0.800. The molecule has 1 nitrogen and oxygen atoms in total. The van der Waals surface area contributed by atoms with Crippen molar-refractivity contribution in [3.63, 3.8) is 0 Å². The Morgan fingerprint density at radius 1 is 1.05 bits per heavy atom. The maximum Gasteiger partial charge on any atom is 0.0497 e. The standard InChI is InChI=1S/C16H17Br2N/c1-12(7-8-13-5-3-2-4-6-13)19-16-11-14(17)9-10-15(16)18/h2-6,9-12,19H,7-8H2,1H3. The lowest BCUT2D eigenvalue weighted by Crippen LogP contribution is -2.16. The first kappa shape index (κ1) is 14.6. The van der Waals surface area contributed by atoms with Gasteiger partial charge < -0.3 is 5.32 Å². The summed E-state index contributed by atoms with van der Waals surface area (Å²) in [5.74, 6) is 0. The summed E-state index contributed by atoms with van der Waals surface area (Å²) in [4.78, 5) is 0. The topological polar surface area (TPSA) is 12.0 Å². The molecule has 0 fully saturated rings. The molecule has 0 radical (unpaired) electrons. The third kappa shape index (κ3) is 4.66. The second-order valence-electron chi connectivity index (χ2n) is 4.69. The highest BCUT2D eigenvalue weighted by molar-refractivity contribution is 9.11. The third-order valence-corrected chi connectivity index (χ3v) is 4.22. The van der Waals surface area contributed by atoms with Crippen LogP contribution in [0.25, 0.3) is 0 Å². The van der Waals surface area contributed by atoms with Gasteiger partial charge in [0, 0.05) is 20.7 Å². The fraction of sp³-hybridized carbons (Fsp3) is 0.250.